The number of thioether (sulfide) groups is 1. The highest BCUT2D eigenvalue weighted by Gasteiger charge is 2.08. The van der Waals surface area contributed by atoms with Gasteiger partial charge >= 0.3 is 0 Å². The van der Waals surface area contributed by atoms with Gasteiger partial charge in [0.25, 0.3) is 0 Å². The number of aromatic nitrogens is 2. The second-order valence-electron chi connectivity index (χ2n) is 5.73. The number of hydrogen-bond donors (Lipinski definition) is 1. The number of carbonyl (C=O) groups is 1. The van der Waals surface area contributed by atoms with Crippen molar-refractivity contribution >= 4 is 56.1 Å². The molecule has 0 unspecified atom stereocenters. The molecule has 0 aliphatic carbocycles. The fourth-order valence-electron chi connectivity index (χ4n) is 2.32. The summed E-state index contributed by atoms with van der Waals surface area (Å²) in [7, 11) is 3.15. The van der Waals surface area contributed by atoms with Gasteiger partial charge in [-0.2, -0.15) is 0 Å². The van der Waals surface area contributed by atoms with Crippen molar-refractivity contribution in [1.29, 1.82) is 0 Å². The predicted octanol–water partition coefficient (Wildman–Crippen LogP) is 5.26. The number of nitrogens with one attached hydrogen (secondary N) is 1. The van der Waals surface area contributed by atoms with E-state index in [9.17, 15) is 4.79 Å². The van der Waals surface area contributed by atoms with Gasteiger partial charge in [-0.1, -0.05) is 57.2 Å². The van der Waals surface area contributed by atoms with Gasteiger partial charge in [0.05, 0.1) is 14.2 Å². The summed E-state index contributed by atoms with van der Waals surface area (Å²) >= 11 is 6.35. The molecule has 1 aromatic heterocycles. The lowest BCUT2D eigenvalue weighted by Gasteiger charge is -2.07. The number of nitrogens with zero attached hydrogens (tertiary/aromatic N) is 2. The van der Waals surface area contributed by atoms with E-state index < -0.39 is 0 Å². The third-order valence-electron chi connectivity index (χ3n) is 3.75. The van der Waals surface area contributed by atoms with Crippen LogP contribution in [0.1, 0.15) is 11.1 Å². The van der Waals surface area contributed by atoms with Gasteiger partial charge in [-0.25, -0.2) is 0 Å². The summed E-state index contributed by atoms with van der Waals surface area (Å²) in [5, 5.41) is 11.3. The fraction of sp³-hybridized carbons (Fsp3) is 0.150. The van der Waals surface area contributed by atoms with Crippen molar-refractivity contribution in [2.45, 2.75) is 10.1 Å². The zero-order valence-electron chi connectivity index (χ0n) is 15.7. The first-order valence-electron chi connectivity index (χ1n) is 8.49. The molecule has 2 aromatic carbocycles. The molecule has 29 heavy (non-hydrogen) atoms. The average molecular weight is 492 g/mol. The number of ether oxygens (including phenoxy) is 2. The van der Waals surface area contributed by atoms with Crippen molar-refractivity contribution in [2.75, 3.05) is 19.5 Å². The van der Waals surface area contributed by atoms with Gasteiger partial charge in [-0.3, -0.25) is 10.1 Å². The highest BCUT2D eigenvalue weighted by molar-refractivity contribution is 9.10. The van der Waals surface area contributed by atoms with Gasteiger partial charge in [0.15, 0.2) is 15.8 Å². The van der Waals surface area contributed by atoms with Crippen LogP contribution in [0.4, 0.5) is 5.13 Å². The molecule has 0 aliphatic heterocycles. The number of rotatable bonds is 8. The maximum Gasteiger partial charge on any atom is 0.250 e. The lowest BCUT2D eigenvalue weighted by atomic mass is 10.2. The zero-order chi connectivity index (χ0) is 20.6. The van der Waals surface area contributed by atoms with Crippen molar-refractivity contribution < 1.29 is 14.3 Å². The first kappa shape index (κ1) is 21.4. The van der Waals surface area contributed by atoms with Crippen molar-refractivity contribution in [2.24, 2.45) is 0 Å². The molecule has 0 spiro atoms. The maximum absolute atomic E-state index is 12.2. The molecule has 150 valence electrons. The van der Waals surface area contributed by atoms with E-state index in [0.29, 0.717) is 16.6 Å². The highest BCUT2D eigenvalue weighted by Crippen LogP contribution is 2.29. The van der Waals surface area contributed by atoms with Crippen molar-refractivity contribution in [1.82, 2.24) is 10.2 Å². The number of amides is 1. The Hall–Kier alpha value is -2.36. The summed E-state index contributed by atoms with van der Waals surface area (Å²) in [4.78, 5) is 12.2. The highest BCUT2D eigenvalue weighted by atomic mass is 79.9. The molecular formula is C20H18BrN3O3S2. The minimum absolute atomic E-state index is 0.277. The van der Waals surface area contributed by atoms with E-state index in [0.717, 1.165) is 20.1 Å². The van der Waals surface area contributed by atoms with Gasteiger partial charge in [0, 0.05) is 16.3 Å². The Labute approximate surface area is 185 Å². The molecule has 9 heteroatoms. The van der Waals surface area contributed by atoms with Gasteiger partial charge in [0.1, 0.15) is 0 Å². The van der Waals surface area contributed by atoms with E-state index in [1.807, 2.05) is 18.2 Å². The normalized spacial score (nSPS) is 10.9. The van der Waals surface area contributed by atoms with E-state index in [2.05, 4.69) is 43.6 Å². The van der Waals surface area contributed by atoms with E-state index >= 15 is 0 Å². The smallest absolute Gasteiger partial charge is 0.250 e. The lowest BCUT2D eigenvalue weighted by Crippen LogP contribution is -2.07. The molecule has 0 saturated heterocycles. The second kappa shape index (κ2) is 10.4. The number of hydrogen-bond acceptors (Lipinski definition) is 7. The Balaban J connectivity index is 1.54. The summed E-state index contributed by atoms with van der Waals surface area (Å²) in [5.74, 6) is 1.75. The molecule has 1 amide bonds. The third-order valence-corrected chi connectivity index (χ3v) is 6.32. The fourth-order valence-corrected chi connectivity index (χ4v) is 4.29. The van der Waals surface area contributed by atoms with Crippen LogP contribution in [0, 0.1) is 0 Å². The summed E-state index contributed by atoms with van der Waals surface area (Å²) in [6.45, 7) is 0. The Bertz CT molecular complexity index is 1010. The summed E-state index contributed by atoms with van der Waals surface area (Å²) in [5.41, 5.74) is 2.01. The number of methoxy groups -OCH3 is 2. The molecule has 0 atom stereocenters. The molecule has 3 rings (SSSR count). The molecule has 0 bridgehead atoms. The zero-order valence-corrected chi connectivity index (χ0v) is 18.9. The Kier molecular flexibility index (Phi) is 7.68. The minimum atomic E-state index is -0.277. The van der Waals surface area contributed by atoms with Crippen LogP contribution in [-0.4, -0.2) is 30.3 Å². The van der Waals surface area contributed by atoms with Crippen LogP contribution in [0.3, 0.4) is 0 Å². The molecule has 3 aromatic rings. The van der Waals surface area contributed by atoms with Crippen molar-refractivity contribution in [3.05, 3.63) is 64.1 Å². The molecular weight excluding hydrogens is 474 g/mol. The van der Waals surface area contributed by atoms with E-state index in [1.165, 1.54) is 23.0 Å². The van der Waals surface area contributed by atoms with Crippen LogP contribution in [0.15, 0.2) is 57.4 Å². The largest absolute Gasteiger partial charge is 0.493 e. The first-order valence-corrected chi connectivity index (χ1v) is 11.1. The second-order valence-corrected chi connectivity index (χ2v) is 8.84. The molecule has 1 N–H and O–H groups in total. The Morgan fingerprint density at radius 3 is 2.62 bits per heavy atom. The van der Waals surface area contributed by atoms with Gasteiger partial charge < -0.3 is 9.47 Å². The maximum atomic E-state index is 12.2. The van der Waals surface area contributed by atoms with Crippen LogP contribution in [0.25, 0.3) is 6.08 Å². The van der Waals surface area contributed by atoms with Crippen molar-refractivity contribution in [3.63, 3.8) is 0 Å². The summed E-state index contributed by atoms with van der Waals surface area (Å²) in [6, 6.07) is 13.5. The number of halogens is 1. The quantitative estimate of drug-likeness (QED) is 0.263. The topological polar surface area (TPSA) is 73.3 Å². The standard InChI is InChI=1S/C20H18BrN3O3S2/c1-26-16-9-5-13(11-17(16)27-2)6-10-18(25)22-19-23-24-20(29-19)28-12-14-3-7-15(21)8-4-14/h3-11H,12H2,1-2H3,(H,22,23,25)/b10-6+. The first-order chi connectivity index (χ1) is 14.1. The molecule has 0 fully saturated rings. The average Bonchev–Trinajstić information content (AvgIpc) is 3.18. The van der Waals surface area contributed by atoms with E-state index in [4.69, 9.17) is 9.47 Å². The van der Waals surface area contributed by atoms with Crippen LogP contribution < -0.4 is 14.8 Å². The monoisotopic (exact) mass is 491 g/mol. The number of benzene rings is 2. The Morgan fingerprint density at radius 2 is 1.90 bits per heavy atom. The van der Waals surface area contributed by atoms with Crippen LogP contribution in [0.5, 0.6) is 11.5 Å². The minimum Gasteiger partial charge on any atom is -0.493 e. The van der Waals surface area contributed by atoms with Gasteiger partial charge in [-0.15, -0.1) is 10.2 Å². The molecule has 6 nitrogen and oxygen atoms in total. The van der Waals surface area contributed by atoms with E-state index in [1.54, 1.807) is 44.2 Å². The SMILES string of the molecule is COc1ccc(/C=C/C(=O)Nc2nnc(SCc3ccc(Br)cc3)s2)cc1OC. The van der Waals surface area contributed by atoms with Crippen molar-refractivity contribution in [3.8, 4) is 11.5 Å². The Morgan fingerprint density at radius 1 is 1.14 bits per heavy atom. The number of carbonyl (C=O) groups excluding carboxylic acids is 1. The molecule has 0 saturated carbocycles. The van der Waals surface area contributed by atoms with Crippen LogP contribution in [0.2, 0.25) is 0 Å². The summed E-state index contributed by atoms with van der Waals surface area (Å²) in [6.07, 6.45) is 3.14. The third kappa shape index (κ3) is 6.31. The van der Waals surface area contributed by atoms with E-state index in [-0.39, 0.29) is 5.91 Å². The van der Waals surface area contributed by atoms with Gasteiger partial charge in [-0.05, 0) is 41.5 Å². The lowest BCUT2D eigenvalue weighted by molar-refractivity contribution is -0.111. The predicted molar refractivity (Wildman–Crippen MR) is 121 cm³/mol. The van der Waals surface area contributed by atoms with Gasteiger partial charge in [0.2, 0.25) is 11.0 Å². The molecule has 0 aliphatic rings. The van der Waals surface area contributed by atoms with Crippen LogP contribution >= 0.6 is 39.0 Å². The van der Waals surface area contributed by atoms with Crippen LogP contribution in [-0.2, 0) is 10.5 Å². The summed E-state index contributed by atoms with van der Waals surface area (Å²) < 4.78 is 12.3. The molecule has 0 radical (unpaired) electrons. The number of anilines is 1. The molecule has 1 heterocycles.